The van der Waals surface area contributed by atoms with Gasteiger partial charge in [0.15, 0.2) is 6.29 Å². The molecule has 1 amide bonds. The van der Waals surface area contributed by atoms with Crippen LogP contribution >= 0.6 is 0 Å². The van der Waals surface area contributed by atoms with Crippen molar-refractivity contribution in [3.63, 3.8) is 0 Å². The molecule has 10 nitrogen and oxygen atoms in total. The maximum Gasteiger partial charge on any atom is 0.241 e. The molecule has 3 aliphatic rings. The Bertz CT molecular complexity index is 2350. The molecule has 0 aromatic heterocycles. The highest BCUT2D eigenvalue weighted by Gasteiger charge is 2.41. The Morgan fingerprint density at radius 1 is 0.758 bits per heavy atom. The Balaban J connectivity index is 0.987. The summed E-state index contributed by atoms with van der Waals surface area (Å²) in [6, 6.07) is 39.9. The van der Waals surface area contributed by atoms with Gasteiger partial charge in [-0.2, -0.15) is 4.72 Å². The van der Waals surface area contributed by atoms with Crippen molar-refractivity contribution >= 4 is 15.9 Å². The monoisotopic (exact) mass is 856 g/mol. The molecule has 0 spiro atoms. The Morgan fingerprint density at radius 2 is 1.47 bits per heavy atom. The van der Waals surface area contributed by atoms with Crippen LogP contribution in [0.25, 0.3) is 11.1 Å². The van der Waals surface area contributed by atoms with E-state index in [4.69, 9.17) is 9.47 Å². The Labute approximate surface area is 367 Å². The number of carbonyl (C=O) groups is 1. The van der Waals surface area contributed by atoms with Crippen molar-refractivity contribution in [2.24, 2.45) is 5.92 Å². The van der Waals surface area contributed by atoms with E-state index in [1.54, 1.807) is 24.3 Å². The van der Waals surface area contributed by atoms with Gasteiger partial charge >= 0.3 is 0 Å². The number of carbonyl (C=O) groups excluding carboxylic acids is 1. The molecule has 6 atom stereocenters. The first-order valence-electron chi connectivity index (χ1n) is 22.2. The van der Waals surface area contributed by atoms with E-state index in [-0.39, 0.29) is 42.6 Å². The van der Waals surface area contributed by atoms with Crippen molar-refractivity contribution in [2.75, 3.05) is 32.7 Å². The number of aliphatic hydroxyl groups is 1. The van der Waals surface area contributed by atoms with Crippen molar-refractivity contribution in [1.29, 1.82) is 0 Å². The molecule has 3 heterocycles. The second-order valence-electron chi connectivity index (χ2n) is 17.3. The average Bonchev–Trinajstić information content (AvgIpc) is 3.99. The molecule has 3 fully saturated rings. The molecule has 62 heavy (non-hydrogen) atoms. The van der Waals surface area contributed by atoms with E-state index in [2.05, 4.69) is 63.2 Å². The fourth-order valence-corrected chi connectivity index (χ4v) is 10.4. The van der Waals surface area contributed by atoms with Gasteiger partial charge in [0.05, 0.1) is 23.7 Å². The number of ether oxygens (including phenoxy) is 2. The molecule has 8 rings (SSSR count). The number of nitrogens with one attached hydrogen (secondary N) is 2. The SMILES string of the molecule is Cc1ccc(S(=O)(=O)NC(Cc2ccccc2)C(=O)NCc2cccc(-c3cccc(C4OC(CN5CCCC5CN5CCCC5)C(C)C(c5ccc(CO)cc5)O4)c3)c2)cc1. The van der Waals surface area contributed by atoms with Crippen LogP contribution in [-0.2, 0) is 43.9 Å². The number of likely N-dealkylation sites (tertiary alicyclic amines) is 2. The van der Waals surface area contributed by atoms with E-state index in [1.165, 1.54) is 38.8 Å². The first-order valence-corrected chi connectivity index (χ1v) is 23.7. The molecule has 0 saturated carbocycles. The van der Waals surface area contributed by atoms with Crippen LogP contribution in [0.5, 0.6) is 0 Å². The van der Waals surface area contributed by atoms with Gasteiger partial charge in [-0.1, -0.05) is 116 Å². The summed E-state index contributed by atoms with van der Waals surface area (Å²) in [5, 5.41) is 12.8. The van der Waals surface area contributed by atoms with Crippen LogP contribution in [0.4, 0.5) is 0 Å². The van der Waals surface area contributed by atoms with Gasteiger partial charge in [-0.25, -0.2) is 8.42 Å². The molecule has 0 aliphatic carbocycles. The fourth-order valence-electron chi connectivity index (χ4n) is 9.21. The summed E-state index contributed by atoms with van der Waals surface area (Å²) in [6.45, 7) is 9.79. The van der Waals surface area contributed by atoms with Gasteiger partial charge < -0.3 is 24.8 Å². The zero-order valence-corrected chi connectivity index (χ0v) is 36.7. The molecule has 0 radical (unpaired) electrons. The summed E-state index contributed by atoms with van der Waals surface area (Å²) in [6.07, 6.45) is 4.36. The number of nitrogens with zero attached hydrogens (tertiary/aromatic N) is 2. The van der Waals surface area contributed by atoms with Crippen LogP contribution in [0.2, 0.25) is 0 Å². The molecule has 0 bridgehead atoms. The Hall–Kier alpha value is -4.72. The van der Waals surface area contributed by atoms with Crippen LogP contribution < -0.4 is 10.0 Å². The average molecular weight is 857 g/mol. The predicted octanol–water partition coefficient (Wildman–Crippen LogP) is 7.71. The summed E-state index contributed by atoms with van der Waals surface area (Å²) in [5.74, 6) is -0.316. The highest BCUT2D eigenvalue weighted by molar-refractivity contribution is 7.89. The van der Waals surface area contributed by atoms with E-state index in [1.807, 2.05) is 73.7 Å². The predicted molar refractivity (Wildman–Crippen MR) is 242 cm³/mol. The number of aliphatic hydroxyl groups excluding tert-OH is 1. The number of benzene rings is 5. The van der Waals surface area contributed by atoms with E-state index in [9.17, 15) is 18.3 Å². The van der Waals surface area contributed by atoms with Gasteiger partial charge in [-0.05, 0) is 116 Å². The van der Waals surface area contributed by atoms with E-state index >= 15 is 0 Å². The van der Waals surface area contributed by atoms with Crippen molar-refractivity contribution in [1.82, 2.24) is 19.8 Å². The smallest absolute Gasteiger partial charge is 0.241 e. The maximum atomic E-state index is 13.8. The second-order valence-corrected chi connectivity index (χ2v) is 19.1. The van der Waals surface area contributed by atoms with Crippen LogP contribution in [0.3, 0.4) is 0 Å². The van der Waals surface area contributed by atoms with E-state index < -0.39 is 28.3 Å². The summed E-state index contributed by atoms with van der Waals surface area (Å²) in [5.41, 5.74) is 7.49. The Kier molecular flexibility index (Phi) is 14.3. The number of rotatable bonds is 16. The zero-order chi connectivity index (χ0) is 43.1. The van der Waals surface area contributed by atoms with E-state index in [0.717, 1.165) is 64.1 Å². The molecule has 6 unspecified atom stereocenters. The minimum atomic E-state index is -3.97. The molecular formula is C51H60N4O6S. The highest BCUT2D eigenvalue weighted by atomic mass is 32.2. The standard InChI is InChI=1S/C51H60N4O6S/c1-36-18-24-46(25-19-36)62(58,59)53-47(30-38-11-4-3-5-12-38)50(57)52-32-40-13-8-14-42(29-40)43-15-9-16-44(31-43)51-60-48(34-55-28-10-17-45(55)33-54-26-6-7-27-54)37(2)49(61-51)41-22-20-39(35-56)21-23-41/h3-5,8-9,11-16,18-25,29,31,37,45,47-49,51,53,56H,6-7,10,17,26-28,30,32-35H2,1-2H3,(H,52,57). The largest absolute Gasteiger partial charge is 0.392 e. The number of amides is 1. The van der Waals surface area contributed by atoms with Crippen LogP contribution in [0, 0.1) is 12.8 Å². The molecule has 3 saturated heterocycles. The van der Waals surface area contributed by atoms with E-state index in [0.29, 0.717) is 6.04 Å². The van der Waals surface area contributed by atoms with Crippen molar-refractivity contribution in [3.8, 4) is 11.1 Å². The molecule has 11 heteroatoms. The molecule has 3 aliphatic heterocycles. The fraction of sp³-hybridized carbons (Fsp3) is 0.392. The van der Waals surface area contributed by atoms with Gasteiger partial charge in [0, 0.05) is 37.2 Å². The molecule has 326 valence electrons. The minimum absolute atomic E-state index is 0.00566. The summed E-state index contributed by atoms with van der Waals surface area (Å²) >= 11 is 0. The quantitative estimate of drug-likeness (QED) is 0.0924. The third-order valence-corrected chi connectivity index (χ3v) is 14.3. The minimum Gasteiger partial charge on any atom is -0.392 e. The lowest BCUT2D eigenvalue weighted by atomic mass is 9.89. The third-order valence-electron chi connectivity index (χ3n) is 12.8. The van der Waals surface area contributed by atoms with Crippen LogP contribution in [0.1, 0.15) is 78.4 Å². The lowest BCUT2D eigenvalue weighted by Crippen LogP contribution is -2.48. The highest BCUT2D eigenvalue weighted by Crippen LogP contribution is 2.43. The first kappa shape index (κ1) is 43.9. The molecule has 3 N–H and O–H groups in total. The van der Waals surface area contributed by atoms with Crippen LogP contribution in [0.15, 0.2) is 132 Å². The Morgan fingerprint density at radius 3 is 2.21 bits per heavy atom. The maximum absolute atomic E-state index is 13.8. The first-order chi connectivity index (χ1) is 30.1. The number of hydrogen-bond acceptors (Lipinski definition) is 8. The summed E-state index contributed by atoms with van der Waals surface area (Å²) < 4.78 is 43.4. The number of sulfonamides is 1. The zero-order valence-electron chi connectivity index (χ0n) is 35.9. The lowest BCUT2D eigenvalue weighted by molar-refractivity contribution is -0.276. The summed E-state index contributed by atoms with van der Waals surface area (Å²) in [4.78, 5) is 19.2. The summed E-state index contributed by atoms with van der Waals surface area (Å²) in [7, 11) is -3.97. The van der Waals surface area contributed by atoms with Gasteiger partial charge in [0.1, 0.15) is 6.04 Å². The van der Waals surface area contributed by atoms with Crippen LogP contribution in [-0.4, -0.2) is 80.1 Å². The second kappa shape index (κ2) is 20.2. The lowest BCUT2D eigenvalue weighted by Gasteiger charge is -2.43. The molecule has 5 aromatic rings. The normalized spacial score (nSPS) is 22.7. The van der Waals surface area contributed by atoms with Crippen molar-refractivity contribution in [2.45, 2.75) is 94.6 Å². The molecule has 5 aromatic carbocycles. The topological polar surface area (TPSA) is 120 Å². The number of hydrogen-bond donors (Lipinski definition) is 3. The van der Waals surface area contributed by atoms with Gasteiger partial charge in [-0.15, -0.1) is 0 Å². The molecular weight excluding hydrogens is 797 g/mol. The third kappa shape index (κ3) is 10.9. The van der Waals surface area contributed by atoms with Crippen molar-refractivity contribution in [3.05, 3.63) is 161 Å². The van der Waals surface area contributed by atoms with Crippen molar-refractivity contribution < 1.29 is 27.8 Å². The van der Waals surface area contributed by atoms with Gasteiger partial charge in [0.2, 0.25) is 15.9 Å². The van der Waals surface area contributed by atoms with Gasteiger partial charge in [-0.3, -0.25) is 9.69 Å². The number of aryl methyl sites for hydroxylation is 1. The van der Waals surface area contributed by atoms with Gasteiger partial charge in [0.25, 0.3) is 0 Å².